The molecule has 2 aromatic carbocycles. The minimum absolute atomic E-state index is 0.0302. The molecule has 6 rings (SSSR count). The van der Waals surface area contributed by atoms with E-state index in [0.717, 1.165) is 35.6 Å². The van der Waals surface area contributed by atoms with Crippen molar-refractivity contribution in [2.75, 3.05) is 0 Å². The zero-order chi connectivity index (χ0) is 26.2. The molecule has 0 N–H and O–H groups in total. The van der Waals surface area contributed by atoms with E-state index >= 15 is 0 Å². The Labute approximate surface area is 220 Å². The molecule has 190 valence electrons. The molecule has 0 unspecified atom stereocenters. The molecular formula is C22H16N10O4S2. The molecule has 0 radical (unpaired) electrons. The molecule has 0 bridgehead atoms. The van der Waals surface area contributed by atoms with Gasteiger partial charge in [0.25, 0.3) is 11.4 Å². The van der Waals surface area contributed by atoms with Crippen LogP contribution in [-0.2, 0) is 12.8 Å². The fourth-order valence-electron chi connectivity index (χ4n) is 3.88. The number of hydrogen-bond donors (Lipinski definition) is 0. The van der Waals surface area contributed by atoms with Crippen LogP contribution in [0.4, 0.5) is 11.4 Å². The first-order valence-electron chi connectivity index (χ1n) is 11.4. The molecule has 0 aliphatic heterocycles. The molecular weight excluding hydrogens is 532 g/mol. The van der Waals surface area contributed by atoms with Crippen LogP contribution in [0.5, 0.6) is 0 Å². The van der Waals surface area contributed by atoms with Gasteiger partial charge in [0.1, 0.15) is 10.0 Å². The Hall–Kier alpha value is -4.70. The lowest BCUT2D eigenvalue weighted by atomic mass is 10.2. The Kier molecular flexibility index (Phi) is 6.01. The van der Waals surface area contributed by atoms with Gasteiger partial charge in [0.15, 0.2) is 11.6 Å². The predicted octanol–water partition coefficient (Wildman–Crippen LogP) is 4.40. The maximum atomic E-state index is 10.9. The van der Waals surface area contributed by atoms with Crippen molar-refractivity contribution in [2.45, 2.75) is 25.7 Å². The van der Waals surface area contributed by atoms with Crippen LogP contribution < -0.4 is 0 Å². The molecule has 0 saturated heterocycles. The largest absolute Gasteiger partial charge is 0.269 e. The van der Waals surface area contributed by atoms with Crippen LogP contribution in [-0.4, -0.2) is 49.5 Å². The van der Waals surface area contributed by atoms with E-state index in [0.29, 0.717) is 32.8 Å². The van der Waals surface area contributed by atoms with E-state index in [1.165, 1.54) is 46.9 Å². The monoisotopic (exact) mass is 548 g/mol. The molecule has 16 heteroatoms. The number of nitro groups is 2. The third-order valence-corrected chi connectivity index (χ3v) is 7.71. The van der Waals surface area contributed by atoms with Crippen LogP contribution in [0, 0.1) is 20.2 Å². The maximum absolute atomic E-state index is 10.9. The lowest BCUT2D eigenvalue weighted by Gasteiger charge is -1.99. The van der Waals surface area contributed by atoms with Crippen molar-refractivity contribution in [3.8, 4) is 21.1 Å². The summed E-state index contributed by atoms with van der Waals surface area (Å²) in [6.07, 6.45) is 2.97. The zero-order valence-corrected chi connectivity index (χ0v) is 21.0. The van der Waals surface area contributed by atoms with Gasteiger partial charge in [-0.3, -0.25) is 20.2 Å². The second-order valence-electron chi connectivity index (χ2n) is 8.25. The minimum Gasteiger partial charge on any atom is -0.258 e. The highest BCUT2D eigenvalue weighted by molar-refractivity contribution is 7.20. The molecule has 4 heterocycles. The number of hydrogen-bond acceptors (Lipinski definition) is 12. The van der Waals surface area contributed by atoms with Crippen molar-refractivity contribution in [1.29, 1.82) is 0 Å². The van der Waals surface area contributed by atoms with Crippen molar-refractivity contribution in [1.82, 2.24) is 39.6 Å². The van der Waals surface area contributed by atoms with Gasteiger partial charge < -0.3 is 0 Å². The Balaban J connectivity index is 1.10. The maximum Gasteiger partial charge on any atom is 0.269 e. The van der Waals surface area contributed by atoms with E-state index in [1.54, 1.807) is 33.3 Å². The van der Waals surface area contributed by atoms with Gasteiger partial charge >= 0.3 is 0 Å². The van der Waals surface area contributed by atoms with Crippen LogP contribution in [0.2, 0.25) is 0 Å². The lowest BCUT2D eigenvalue weighted by molar-refractivity contribution is -0.385. The fraction of sp³-hybridized carbons (Fsp3) is 0.182. The number of rotatable bonds is 9. The Morgan fingerprint density at radius 2 is 1.03 bits per heavy atom. The van der Waals surface area contributed by atoms with Crippen molar-refractivity contribution in [3.05, 3.63) is 80.4 Å². The van der Waals surface area contributed by atoms with Gasteiger partial charge in [-0.25, -0.2) is 0 Å². The summed E-state index contributed by atoms with van der Waals surface area (Å²) in [7, 11) is 0. The molecule has 38 heavy (non-hydrogen) atoms. The molecule has 0 aliphatic rings. The summed E-state index contributed by atoms with van der Waals surface area (Å²) in [6, 6.07) is 12.5. The number of non-ortho nitro benzene ring substituents is 2. The summed E-state index contributed by atoms with van der Waals surface area (Å²) < 4.78 is 3.43. The van der Waals surface area contributed by atoms with Gasteiger partial charge in [0, 0.05) is 48.2 Å². The lowest BCUT2D eigenvalue weighted by Crippen LogP contribution is -2.00. The van der Waals surface area contributed by atoms with Crippen molar-refractivity contribution >= 4 is 44.0 Å². The fourth-order valence-corrected chi connectivity index (χ4v) is 5.61. The SMILES string of the molecule is O=[N+]([O-])c1ccc(-c2nn3c(CCCCc4nnc5sc(-c6ccc([N+](=O)[O-])cc6)nn45)nnc3s2)cc1. The Morgan fingerprint density at radius 3 is 1.39 bits per heavy atom. The van der Waals surface area contributed by atoms with E-state index in [9.17, 15) is 20.2 Å². The van der Waals surface area contributed by atoms with Crippen LogP contribution in [0.1, 0.15) is 24.5 Å². The molecule has 4 aromatic heterocycles. The van der Waals surface area contributed by atoms with Crippen LogP contribution in [0.15, 0.2) is 48.5 Å². The molecule has 6 aromatic rings. The van der Waals surface area contributed by atoms with Crippen LogP contribution in [0.25, 0.3) is 31.1 Å². The topological polar surface area (TPSA) is 172 Å². The average Bonchev–Trinajstić information content (AvgIpc) is 3.69. The van der Waals surface area contributed by atoms with Gasteiger partial charge in [-0.05, 0) is 37.1 Å². The quantitative estimate of drug-likeness (QED) is 0.143. The Bertz CT molecular complexity index is 1650. The number of nitrogens with zero attached hydrogens (tertiary/aromatic N) is 10. The first-order valence-corrected chi connectivity index (χ1v) is 13.0. The van der Waals surface area contributed by atoms with E-state index in [-0.39, 0.29) is 11.4 Å². The standard InChI is InChI=1S/C22H16N10O4S2/c33-31(34)15-9-5-13(6-10-15)19-27-29-17(23-25-21(29)37-19)3-1-2-4-18-24-26-22-30(18)28-20(38-22)14-7-11-16(12-8-14)32(35)36/h5-12H,1-4H2. The second-order valence-corrected chi connectivity index (χ2v) is 10.2. The summed E-state index contributed by atoms with van der Waals surface area (Å²) >= 11 is 2.75. The number of aromatic nitrogens is 8. The number of nitro benzene ring substituents is 2. The van der Waals surface area contributed by atoms with Gasteiger partial charge in [-0.2, -0.15) is 19.2 Å². The van der Waals surface area contributed by atoms with Gasteiger partial charge in [-0.15, -0.1) is 20.4 Å². The summed E-state index contributed by atoms with van der Waals surface area (Å²) in [5.74, 6) is 1.48. The second kappa shape index (κ2) is 9.64. The summed E-state index contributed by atoms with van der Waals surface area (Å²) in [5, 5.41) is 49.3. The molecule has 0 spiro atoms. The van der Waals surface area contributed by atoms with E-state index < -0.39 is 9.85 Å². The first-order chi connectivity index (χ1) is 18.5. The number of fused-ring (bicyclic) bond motifs is 2. The highest BCUT2D eigenvalue weighted by Crippen LogP contribution is 2.29. The Morgan fingerprint density at radius 1 is 0.632 bits per heavy atom. The zero-order valence-electron chi connectivity index (χ0n) is 19.4. The van der Waals surface area contributed by atoms with Crippen LogP contribution in [0.3, 0.4) is 0 Å². The normalized spacial score (nSPS) is 11.5. The summed E-state index contributed by atoms with van der Waals surface area (Å²) in [6.45, 7) is 0. The van der Waals surface area contributed by atoms with Gasteiger partial charge in [0.2, 0.25) is 9.92 Å². The molecule has 0 amide bonds. The van der Waals surface area contributed by atoms with Crippen molar-refractivity contribution in [3.63, 3.8) is 0 Å². The first kappa shape index (κ1) is 23.7. The van der Waals surface area contributed by atoms with E-state index in [2.05, 4.69) is 30.6 Å². The highest BCUT2D eigenvalue weighted by atomic mass is 32.1. The smallest absolute Gasteiger partial charge is 0.258 e. The predicted molar refractivity (Wildman–Crippen MR) is 138 cm³/mol. The number of aryl methyl sites for hydroxylation is 2. The van der Waals surface area contributed by atoms with E-state index in [1.807, 2.05) is 0 Å². The average molecular weight is 549 g/mol. The van der Waals surface area contributed by atoms with Gasteiger partial charge in [-0.1, -0.05) is 22.7 Å². The minimum atomic E-state index is -0.433. The highest BCUT2D eigenvalue weighted by Gasteiger charge is 2.16. The van der Waals surface area contributed by atoms with Crippen LogP contribution >= 0.6 is 22.7 Å². The molecule has 0 atom stereocenters. The van der Waals surface area contributed by atoms with Crippen molar-refractivity contribution in [2.24, 2.45) is 0 Å². The summed E-state index contributed by atoms with van der Waals surface area (Å²) in [5.41, 5.74) is 1.62. The third-order valence-electron chi connectivity index (χ3n) is 5.81. The third kappa shape index (κ3) is 4.46. The molecule has 0 aliphatic carbocycles. The summed E-state index contributed by atoms with van der Waals surface area (Å²) in [4.78, 5) is 22.2. The van der Waals surface area contributed by atoms with Crippen molar-refractivity contribution < 1.29 is 9.85 Å². The molecule has 14 nitrogen and oxygen atoms in total. The number of unbranched alkanes of at least 4 members (excludes halogenated alkanes) is 1. The molecule has 0 fully saturated rings. The number of benzene rings is 2. The van der Waals surface area contributed by atoms with E-state index in [4.69, 9.17) is 0 Å². The molecule has 0 saturated carbocycles. The van der Waals surface area contributed by atoms with Gasteiger partial charge in [0.05, 0.1) is 9.85 Å².